The average molecular weight is 233 g/mol. The number of aliphatic hydroxyl groups is 1. The van der Waals surface area contributed by atoms with Crippen molar-refractivity contribution in [3.63, 3.8) is 0 Å². The standard InChI is InChI=1S/C8H6F3N3O2/c9-8(10,11)5-2-14-6(1-4(5)3-15)12-13-7(14)16/h1-2,15H,3H2,(H,13,16). The minimum absolute atomic E-state index is 0.0297. The van der Waals surface area contributed by atoms with E-state index >= 15 is 0 Å². The maximum absolute atomic E-state index is 12.5. The fraction of sp³-hybridized carbons (Fsp3) is 0.250. The van der Waals surface area contributed by atoms with Gasteiger partial charge in [-0.25, -0.2) is 14.3 Å². The Hall–Kier alpha value is -1.83. The van der Waals surface area contributed by atoms with Gasteiger partial charge in [-0.2, -0.15) is 18.3 Å². The summed E-state index contributed by atoms with van der Waals surface area (Å²) in [7, 11) is 0. The maximum Gasteiger partial charge on any atom is 0.418 e. The molecular weight excluding hydrogens is 227 g/mol. The topological polar surface area (TPSA) is 70.4 Å². The lowest BCUT2D eigenvalue weighted by molar-refractivity contribution is -0.139. The number of nitrogens with zero attached hydrogens (tertiary/aromatic N) is 2. The van der Waals surface area contributed by atoms with Crippen molar-refractivity contribution in [3.05, 3.63) is 33.9 Å². The first-order valence-corrected chi connectivity index (χ1v) is 4.21. The molecule has 0 aliphatic carbocycles. The summed E-state index contributed by atoms with van der Waals surface area (Å²) in [5.41, 5.74) is -2.10. The van der Waals surface area contributed by atoms with Crippen molar-refractivity contribution in [2.45, 2.75) is 12.8 Å². The van der Waals surface area contributed by atoms with E-state index in [9.17, 15) is 18.0 Å². The van der Waals surface area contributed by atoms with Crippen LogP contribution in [0.2, 0.25) is 0 Å². The predicted octanol–water partition coefficient (Wildman–Crippen LogP) is 0.534. The normalized spacial score (nSPS) is 12.2. The monoisotopic (exact) mass is 233 g/mol. The van der Waals surface area contributed by atoms with E-state index in [4.69, 9.17) is 5.11 Å². The quantitative estimate of drug-likeness (QED) is 0.754. The Bertz CT molecular complexity index is 584. The van der Waals surface area contributed by atoms with E-state index in [0.29, 0.717) is 6.20 Å². The van der Waals surface area contributed by atoms with Gasteiger partial charge >= 0.3 is 11.9 Å². The average Bonchev–Trinajstić information content (AvgIpc) is 2.57. The van der Waals surface area contributed by atoms with Crippen molar-refractivity contribution in [2.75, 3.05) is 0 Å². The van der Waals surface area contributed by atoms with Crippen molar-refractivity contribution in [1.82, 2.24) is 14.6 Å². The number of aliphatic hydroxyl groups excluding tert-OH is 1. The number of rotatable bonds is 1. The molecule has 8 heteroatoms. The smallest absolute Gasteiger partial charge is 0.392 e. The fourth-order valence-corrected chi connectivity index (χ4v) is 1.38. The third-order valence-electron chi connectivity index (χ3n) is 2.11. The first kappa shape index (κ1) is 10.7. The van der Waals surface area contributed by atoms with Crippen LogP contribution in [-0.2, 0) is 12.8 Å². The molecule has 0 fully saturated rings. The van der Waals surface area contributed by atoms with Crippen LogP contribution in [0, 0.1) is 0 Å². The lowest BCUT2D eigenvalue weighted by atomic mass is 10.1. The second-order valence-corrected chi connectivity index (χ2v) is 3.13. The molecule has 0 amide bonds. The van der Waals surface area contributed by atoms with E-state index in [1.165, 1.54) is 0 Å². The lowest BCUT2D eigenvalue weighted by Gasteiger charge is -2.10. The first-order chi connectivity index (χ1) is 7.43. The van der Waals surface area contributed by atoms with Crippen molar-refractivity contribution < 1.29 is 18.3 Å². The molecule has 0 saturated carbocycles. The number of aromatic nitrogens is 3. The molecule has 0 radical (unpaired) electrons. The molecule has 86 valence electrons. The summed E-state index contributed by atoms with van der Waals surface area (Å²) in [5, 5.41) is 14.3. The van der Waals surface area contributed by atoms with Crippen LogP contribution in [0.15, 0.2) is 17.1 Å². The van der Waals surface area contributed by atoms with Crippen molar-refractivity contribution >= 4 is 5.65 Å². The van der Waals surface area contributed by atoms with E-state index in [-0.39, 0.29) is 11.2 Å². The first-order valence-electron chi connectivity index (χ1n) is 4.21. The molecule has 0 spiro atoms. The second-order valence-electron chi connectivity index (χ2n) is 3.13. The minimum atomic E-state index is -4.62. The van der Waals surface area contributed by atoms with E-state index in [1.54, 1.807) is 0 Å². The number of hydrogen-bond acceptors (Lipinski definition) is 3. The van der Waals surface area contributed by atoms with Gasteiger partial charge < -0.3 is 5.11 Å². The Morgan fingerprint density at radius 3 is 2.75 bits per heavy atom. The zero-order valence-corrected chi connectivity index (χ0v) is 7.75. The van der Waals surface area contributed by atoms with Gasteiger partial charge in [0.15, 0.2) is 5.65 Å². The van der Waals surface area contributed by atoms with Crippen molar-refractivity contribution in [3.8, 4) is 0 Å². The summed E-state index contributed by atoms with van der Waals surface area (Å²) >= 11 is 0. The van der Waals surface area contributed by atoms with Crippen LogP contribution in [0.5, 0.6) is 0 Å². The van der Waals surface area contributed by atoms with E-state index < -0.39 is 24.0 Å². The van der Waals surface area contributed by atoms with Gasteiger partial charge in [-0.1, -0.05) is 0 Å². The van der Waals surface area contributed by atoms with E-state index in [1.807, 2.05) is 5.10 Å². The number of nitrogens with one attached hydrogen (secondary N) is 1. The van der Waals surface area contributed by atoms with E-state index in [2.05, 4.69) is 5.10 Å². The summed E-state index contributed by atoms with van der Waals surface area (Å²) in [5.74, 6) is 0. The van der Waals surface area contributed by atoms with Gasteiger partial charge in [0.25, 0.3) is 0 Å². The van der Waals surface area contributed by atoms with Crippen LogP contribution >= 0.6 is 0 Å². The number of aromatic amines is 1. The molecule has 0 aliphatic rings. The molecule has 16 heavy (non-hydrogen) atoms. The molecule has 0 saturated heterocycles. The summed E-state index contributed by atoms with van der Waals surface area (Å²) in [6.45, 7) is -0.771. The molecule has 2 heterocycles. The van der Waals surface area contributed by atoms with Crippen molar-refractivity contribution in [2.24, 2.45) is 0 Å². The highest BCUT2D eigenvalue weighted by atomic mass is 19.4. The largest absolute Gasteiger partial charge is 0.418 e. The van der Waals surface area contributed by atoms with Crippen LogP contribution in [-0.4, -0.2) is 19.7 Å². The molecule has 0 atom stereocenters. The fourth-order valence-electron chi connectivity index (χ4n) is 1.38. The summed E-state index contributed by atoms with van der Waals surface area (Å²) in [4.78, 5) is 11.1. The molecule has 0 aliphatic heterocycles. The van der Waals surface area contributed by atoms with Crippen LogP contribution in [0.3, 0.4) is 0 Å². The van der Waals surface area contributed by atoms with Crippen molar-refractivity contribution in [1.29, 1.82) is 0 Å². The highest BCUT2D eigenvalue weighted by molar-refractivity contribution is 5.44. The molecule has 2 rings (SSSR count). The third-order valence-corrected chi connectivity index (χ3v) is 2.11. The molecule has 2 aromatic heterocycles. The summed E-state index contributed by atoms with van der Waals surface area (Å²) in [6.07, 6.45) is -4.00. The van der Waals surface area contributed by atoms with Gasteiger partial charge in [-0.05, 0) is 11.6 Å². The number of H-pyrrole nitrogens is 1. The highest BCUT2D eigenvalue weighted by Gasteiger charge is 2.34. The number of hydrogen-bond donors (Lipinski definition) is 2. The molecule has 2 N–H and O–H groups in total. The minimum Gasteiger partial charge on any atom is -0.392 e. The van der Waals surface area contributed by atoms with Gasteiger partial charge in [0.2, 0.25) is 0 Å². The molecule has 2 aromatic rings. The van der Waals surface area contributed by atoms with Crippen LogP contribution in [0.4, 0.5) is 13.2 Å². The molecule has 0 bridgehead atoms. The van der Waals surface area contributed by atoms with Crippen LogP contribution in [0.1, 0.15) is 11.1 Å². The SMILES string of the molecule is O=c1[nH]nc2cc(CO)c(C(F)(F)F)cn12. The maximum atomic E-state index is 12.5. The number of alkyl halides is 3. The Morgan fingerprint density at radius 2 is 2.19 bits per heavy atom. The van der Waals surface area contributed by atoms with Gasteiger partial charge in [-0.3, -0.25) is 0 Å². The van der Waals surface area contributed by atoms with Gasteiger partial charge in [0.1, 0.15) is 0 Å². The lowest BCUT2D eigenvalue weighted by Crippen LogP contribution is -2.15. The Kier molecular flexibility index (Phi) is 2.23. The van der Waals surface area contributed by atoms with Gasteiger partial charge in [0.05, 0.1) is 12.2 Å². The molecular formula is C8H6F3N3O2. The zero-order valence-electron chi connectivity index (χ0n) is 7.75. The third kappa shape index (κ3) is 1.56. The Labute approximate surface area is 86.1 Å². The highest BCUT2D eigenvalue weighted by Crippen LogP contribution is 2.32. The molecule has 0 unspecified atom stereocenters. The number of fused-ring (bicyclic) bond motifs is 1. The number of pyridine rings is 1. The van der Waals surface area contributed by atoms with E-state index in [0.717, 1.165) is 10.5 Å². The van der Waals surface area contributed by atoms with Gasteiger partial charge in [-0.15, -0.1) is 0 Å². The van der Waals surface area contributed by atoms with Crippen LogP contribution < -0.4 is 5.69 Å². The molecule has 0 aromatic carbocycles. The Balaban J connectivity index is 2.80. The summed E-state index contributed by atoms with van der Waals surface area (Å²) in [6, 6.07) is 1.01. The summed E-state index contributed by atoms with van der Waals surface area (Å²) < 4.78 is 38.4. The predicted molar refractivity (Wildman–Crippen MR) is 46.7 cm³/mol. The van der Waals surface area contributed by atoms with Crippen LogP contribution in [0.25, 0.3) is 5.65 Å². The van der Waals surface area contributed by atoms with Gasteiger partial charge in [0, 0.05) is 6.20 Å². The second kappa shape index (κ2) is 3.34. The molecule has 5 nitrogen and oxygen atoms in total. The zero-order chi connectivity index (χ0) is 11.9. The number of halogens is 3. The Morgan fingerprint density at radius 1 is 1.50 bits per heavy atom.